The molecule has 0 saturated heterocycles. The van der Waals surface area contributed by atoms with E-state index in [0.717, 1.165) is 18.8 Å². The van der Waals surface area contributed by atoms with Crippen LogP contribution in [0, 0.1) is 5.92 Å². The predicted molar refractivity (Wildman–Crippen MR) is 63.3 cm³/mol. The van der Waals surface area contributed by atoms with E-state index in [1.54, 1.807) is 6.92 Å². The summed E-state index contributed by atoms with van der Waals surface area (Å²) in [4.78, 5) is 0. The predicted octanol–water partition coefficient (Wildman–Crippen LogP) is 2.96. The van der Waals surface area contributed by atoms with Crippen LogP contribution in [0.5, 0.6) is 0 Å². The highest BCUT2D eigenvalue weighted by atomic mass is 32.2. The van der Waals surface area contributed by atoms with Crippen molar-refractivity contribution in [2.75, 3.05) is 12.4 Å². The second kappa shape index (κ2) is 8.11. The molecule has 0 aromatic carbocycles. The first-order chi connectivity index (χ1) is 6.98. The van der Waals surface area contributed by atoms with Gasteiger partial charge in [-0.3, -0.25) is 4.18 Å². The molecule has 0 fully saturated rings. The average molecular weight is 236 g/mol. The highest BCUT2D eigenvalue weighted by Crippen LogP contribution is 2.09. The van der Waals surface area contributed by atoms with E-state index in [9.17, 15) is 8.42 Å². The minimum absolute atomic E-state index is 0.0698. The van der Waals surface area contributed by atoms with Crippen molar-refractivity contribution in [1.82, 2.24) is 0 Å². The van der Waals surface area contributed by atoms with Crippen molar-refractivity contribution in [2.24, 2.45) is 5.92 Å². The third-order valence-corrected chi connectivity index (χ3v) is 3.53. The van der Waals surface area contributed by atoms with Crippen LogP contribution in [-0.2, 0) is 14.3 Å². The molecule has 0 N–H and O–H groups in total. The van der Waals surface area contributed by atoms with Crippen molar-refractivity contribution in [3.8, 4) is 0 Å². The Kier molecular flexibility index (Phi) is 8.06. The van der Waals surface area contributed by atoms with Gasteiger partial charge in [0.15, 0.2) is 0 Å². The standard InChI is InChI=1S/C11H24O3S/c1-4-15(12,13)14-10-8-6-5-7-9-11(2)3/h11H,4-10H2,1-3H3. The van der Waals surface area contributed by atoms with Gasteiger partial charge < -0.3 is 0 Å². The van der Waals surface area contributed by atoms with E-state index >= 15 is 0 Å². The van der Waals surface area contributed by atoms with Gasteiger partial charge in [0.1, 0.15) is 0 Å². The van der Waals surface area contributed by atoms with E-state index in [-0.39, 0.29) is 5.75 Å². The molecule has 0 saturated carbocycles. The molecule has 4 heteroatoms. The molecule has 0 aliphatic heterocycles. The molecular weight excluding hydrogens is 212 g/mol. The third kappa shape index (κ3) is 10.2. The molecule has 3 nitrogen and oxygen atoms in total. The van der Waals surface area contributed by atoms with Crippen molar-refractivity contribution in [3.63, 3.8) is 0 Å². The molecule has 0 radical (unpaired) electrons. The molecule has 0 aliphatic rings. The Hall–Kier alpha value is -0.0900. The Morgan fingerprint density at radius 3 is 2.20 bits per heavy atom. The van der Waals surface area contributed by atoms with Gasteiger partial charge >= 0.3 is 0 Å². The molecular formula is C11H24O3S. The minimum Gasteiger partial charge on any atom is -0.270 e. The summed E-state index contributed by atoms with van der Waals surface area (Å²) >= 11 is 0. The molecule has 0 aromatic heterocycles. The molecule has 0 aromatic rings. The molecule has 0 rings (SSSR count). The first kappa shape index (κ1) is 14.9. The average Bonchev–Trinajstić information content (AvgIpc) is 2.16. The second-order valence-electron chi connectivity index (χ2n) is 4.27. The first-order valence-electron chi connectivity index (χ1n) is 5.85. The lowest BCUT2D eigenvalue weighted by molar-refractivity contribution is 0.306. The number of hydrogen-bond donors (Lipinski definition) is 0. The van der Waals surface area contributed by atoms with Crippen LogP contribution in [-0.4, -0.2) is 20.8 Å². The van der Waals surface area contributed by atoms with Crippen LogP contribution in [0.3, 0.4) is 0 Å². The van der Waals surface area contributed by atoms with Crippen LogP contribution in [0.2, 0.25) is 0 Å². The summed E-state index contributed by atoms with van der Waals surface area (Å²) in [7, 11) is -3.23. The smallest absolute Gasteiger partial charge is 0.267 e. The Balaban J connectivity index is 3.26. The quantitative estimate of drug-likeness (QED) is 0.456. The molecule has 15 heavy (non-hydrogen) atoms. The summed E-state index contributed by atoms with van der Waals surface area (Å²) in [6.45, 7) is 6.38. The zero-order valence-electron chi connectivity index (χ0n) is 10.2. The summed E-state index contributed by atoms with van der Waals surface area (Å²) in [5, 5.41) is 0. The highest BCUT2D eigenvalue weighted by molar-refractivity contribution is 7.86. The van der Waals surface area contributed by atoms with Crippen LogP contribution in [0.1, 0.15) is 52.9 Å². The molecule has 0 unspecified atom stereocenters. The fourth-order valence-electron chi connectivity index (χ4n) is 1.28. The summed E-state index contributed by atoms with van der Waals surface area (Å²) in [6, 6.07) is 0. The van der Waals surface area contributed by atoms with Crippen LogP contribution in [0.15, 0.2) is 0 Å². The van der Waals surface area contributed by atoms with E-state index in [4.69, 9.17) is 4.18 Å². The normalized spacial score (nSPS) is 12.3. The van der Waals surface area contributed by atoms with E-state index in [0.29, 0.717) is 6.61 Å². The lowest BCUT2D eigenvalue weighted by atomic mass is 10.0. The highest BCUT2D eigenvalue weighted by Gasteiger charge is 2.05. The lowest BCUT2D eigenvalue weighted by Gasteiger charge is -2.05. The van der Waals surface area contributed by atoms with Crippen molar-refractivity contribution in [1.29, 1.82) is 0 Å². The van der Waals surface area contributed by atoms with Crippen LogP contribution < -0.4 is 0 Å². The molecule has 0 heterocycles. The summed E-state index contributed by atoms with van der Waals surface area (Å²) in [6.07, 6.45) is 5.57. The maximum atomic E-state index is 11.0. The monoisotopic (exact) mass is 236 g/mol. The Morgan fingerprint density at radius 1 is 1.07 bits per heavy atom. The number of hydrogen-bond acceptors (Lipinski definition) is 3. The van der Waals surface area contributed by atoms with Crippen LogP contribution >= 0.6 is 0 Å². The fourth-order valence-corrected chi connectivity index (χ4v) is 1.82. The molecule has 92 valence electrons. The van der Waals surface area contributed by atoms with Gasteiger partial charge in [-0.15, -0.1) is 0 Å². The van der Waals surface area contributed by atoms with Crippen molar-refractivity contribution in [3.05, 3.63) is 0 Å². The van der Waals surface area contributed by atoms with E-state index in [1.165, 1.54) is 19.3 Å². The molecule has 0 atom stereocenters. The Morgan fingerprint density at radius 2 is 1.67 bits per heavy atom. The van der Waals surface area contributed by atoms with Gasteiger partial charge in [-0.1, -0.05) is 39.5 Å². The van der Waals surface area contributed by atoms with Gasteiger partial charge in [-0.05, 0) is 19.3 Å². The van der Waals surface area contributed by atoms with Crippen LogP contribution in [0.25, 0.3) is 0 Å². The zero-order chi connectivity index (χ0) is 11.7. The summed E-state index contributed by atoms with van der Waals surface area (Å²) in [5.74, 6) is 0.835. The van der Waals surface area contributed by atoms with E-state index < -0.39 is 10.1 Å². The largest absolute Gasteiger partial charge is 0.270 e. The first-order valence-corrected chi connectivity index (χ1v) is 7.42. The minimum atomic E-state index is -3.23. The maximum Gasteiger partial charge on any atom is 0.267 e. The second-order valence-corrected chi connectivity index (χ2v) is 6.19. The van der Waals surface area contributed by atoms with E-state index in [2.05, 4.69) is 13.8 Å². The third-order valence-electron chi connectivity index (χ3n) is 2.29. The molecule has 0 spiro atoms. The van der Waals surface area contributed by atoms with Crippen molar-refractivity contribution < 1.29 is 12.6 Å². The van der Waals surface area contributed by atoms with Gasteiger partial charge in [0, 0.05) is 0 Å². The van der Waals surface area contributed by atoms with E-state index in [1.807, 2.05) is 0 Å². The molecule has 0 bridgehead atoms. The van der Waals surface area contributed by atoms with Crippen LogP contribution in [0.4, 0.5) is 0 Å². The van der Waals surface area contributed by atoms with Gasteiger partial charge in [-0.2, -0.15) is 8.42 Å². The van der Waals surface area contributed by atoms with Crippen molar-refractivity contribution in [2.45, 2.75) is 52.9 Å². The summed E-state index contributed by atoms with van der Waals surface area (Å²) in [5.41, 5.74) is 0. The van der Waals surface area contributed by atoms with Crippen molar-refractivity contribution >= 4 is 10.1 Å². The Bertz CT molecular complexity index is 232. The maximum absolute atomic E-state index is 11.0. The number of unbranched alkanes of at least 4 members (excludes halogenated alkanes) is 3. The zero-order valence-corrected chi connectivity index (χ0v) is 11.0. The number of rotatable bonds is 9. The topological polar surface area (TPSA) is 43.4 Å². The van der Waals surface area contributed by atoms with Gasteiger partial charge in [0.25, 0.3) is 10.1 Å². The summed E-state index contributed by atoms with van der Waals surface area (Å²) < 4.78 is 26.7. The molecule has 0 amide bonds. The Labute approximate surface area is 94.3 Å². The van der Waals surface area contributed by atoms with Gasteiger partial charge in [-0.25, -0.2) is 0 Å². The fraction of sp³-hybridized carbons (Fsp3) is 1.00. The van der Waals surface area contributed by atoms with Gasteiger partial charge in [0.05, 0.1) is 12.4 Å². The van der Waals surface area contributed by atoms with Gasteiger partial charge in [0.2, 0.25) is 0 Å². The SMILES string of the molecule is CCS(=O)(=O)OCCCCCCC(C)C. The molecule has 0 aliphatic carbocycles. The lowest BCUT2D eigenvalue weighted by Crippen LogP contribution is -2.09.